The molecule has 0 aliphatic heterocycles. The molecule has 0 aliphatic carbocycles. The van der Waals surface area contributed by atoms with Crippen molar-refractivity contribution in [3.8, 4) is 0 Å². The summed E-state index contributed by atoms with van der Waals surface area (Å²) in [6.45, 7) is 1.33. The van der Waals surface area contributed by atoms with E-state index in [0.717, 1.165) is 0 Å². The van der Waals surface area contributed by atoms with Crippen molar-refractivity contribution in [1.82, 2.24) is 10.3 Å². The van der Waals surface area contributed by atoms with Crippen molar-refractivity contribution < 1.29 is 15.0 Å². The van der Waals surface area contributed by atoms with Crippen molar-refractivity contribution in [1.29, 1.82) is 0 Å². The van der Waals surface area contributed by atoms with Gasteiger partial charge in [-0.3, -0.25) is 4.79 Å². The van der Waals surface area contributed by atoms with Crippen LogP contribution in [0.3, 0.4) is 0 Å². The average Bonchev–Trinajstić information content (AvgIpc) is 2.24. The number of pyridine rings is 1. The lowest BCUT2D eigenvalue weighted by atomic mass is 10.1. The fraction of sp³-hybridized carbons (Fsp3) is 0.400. The summed E-state index contributed by atoms with van der Waals surface area (Å²) in [7, 11) is 0. The number of carbonyl (C=O) groups is 1. The van der Waals surface area contributed by atoms with Gasteiger partial charge in [-0.25, -0.2) is 4.98 Å². The molecule has 0 fully saturated rings. The lowest BCUT2D eigenvalue weighted by Crippen LogP contribution is -2.34. The van der Waals surface area contributed by atoms with Gasteiger partial charge in [0.05, 0.1) is 5.69 Å². The Morgan fingerprint density at radius 3 is 2.81 bits per heavy atom. The fourth-order valence-corrected chi connectivity index (χ4v) is 1.50. The van der Waals surface area contributed by atoms with Crippen molar-refractivity contribution in [2.24, 2.45) is 0 Å². The summed E-state index contributed by atoms with van der Waals surface area (Å²) in [6, 6.07) is 5.03. The Kier molecular flexibility index (Phi) is 4.85. The Balaban J connectivity index is 2.62. The molecule has 6 heteroatoms. The van der Waals surface area contributed by atoms with Gasteiger partial charge in [-0.15, -0.1) is 0 Å². The lowest BCUT2D eigenvalue weighted by molar-refractivity contribution is -0.119. The molecule has 1 heterocycles. The normalized spacial score (nSPS) is 14.2. The smallest absolute Gasteiger partial charge is 0.216 e. The third-order valence-corrected chi connectivity index (χ3v) is 2.41. The number of hydrogen-bond donors (Lipinski definition) is 3. The standard InChI is InChI=1S/C10H13BrN2O3/c1-6(14)12-5-8(15)10(16)7-3-2-4-9(11)13-7/h2-4,8,10,15-16H,5H2,1H3,(H,12,14). The maximum atomic E-state index is 10.6. The van der Waals surface area contributed by atoms with Gasteiger partial charge in [-0.1, -0.05) is 6.07 Å². The van der Waals surface area contributed by atoms with Gasteiger partial charge >= 0.3 is 0 Å². The highest BCUT2D eigenvalue weighted by Gasteiger charge is 2.19. The van der Waals surface area contributed by atoms with E-state index in [-0.39, 0.29) is 12.5 Å². The molecule has 2 atom stereocenters. The van der Waals surface area contributed by atoms with E-state index in [4.69, 9.17) is 0 Å². The molecular weight excluding hydrogens is 276 g/mol. The fourth-order valence-electron chi connectivity index (χ4n) is 1.15. The van der Waals surface area contributed by atoms with Crippen LogP contribution in [-0.4, -0.2) is 33.8 Å². The van der Waals surface area contributed by atoms with Crippen molar-refractivity contribution in [2.75, 3.05) is 6.54 Å². The SMILES string of the molecule is CC(=O)NCC(O)C(O)c1cccc(Br)n1. The number of carbonyl (C=O) groups excluding carboxylic acids is 1. The quantitative estimate of drug-likeness (QED) is 0.700. The van der Waals surface area contributed by atoms with E-state index in [1.54, 1.807) is 18.2 Å². The number of hydrogen-bond acceptors (Lipinski definition) is 4. The van der Waals surface area contributed by atoms with Crippen LogP contribution < -0.4 is 5.32 Å². The zero-order chi connectivity index (χ0) is 12.1. The molecule has 88 valence electrons. The van der Waals surface area contributed by atoms with E-state index >= 15 is 0 Å². The van der Waals surface area contributed by atoms with Crippen LogP contribution in [0, 0.1) is 0 Å². The Hall–Kier alpha value is -0.980. The molecule has 5 nitrogen and oxygen atoms in total. The summed E-state index contributed by atoms with van der Waals surface area (Å²) in [5.74, 6) is -0.256. The largest absolute Gasteiger partial charge is 0.388 e. The predicted octanol–water partition coefficient (Wildman–Crippen LogP) is 0.374. The third-order valence-electron chi connectivity index (χ3n) is 1.96. The molecule has 1 aromatic rings. The number of aliphatic hydroxyl groups is 2. The van der Waals surface area contributed by atoms with E-state index in [9.17, 15) is 15.0 Å². The maximum Gasteiger partial charge on any atom is 0.216 e. The summed E-state index contributed by atoms with van der Waals surface area (Å²) < 4.78 is 0.579. The first-order valence-electron chi connectivity index (χ1n) is 4.73. The van der Waals surface area contributed by atoms with E-state index in [2.05, 4.69) is 26.2 Å². The van der Waals surface area contributed by atoms with Crippen LogP contribution in [0.15, 0.2) is 22.8 Å². The van der Waals surface area contributed by atoms with Crippen LogP contribution in [0.1, 0.15) is 18.7 Å². The van der Waals surface area contributed by atoms with Gasteiger partial charge in [0.2, 0.25) is 5.91 Å². The molecule has 0 radical (unpaired) electrons. The first-order valence-corrected chi connectivity index (χ1v) is 5.53. The number of aliphatic hydroxyl groups excluding tert-OH is 2. The zero-order valence-electron chi connectivity index (χ0n) is 8.72. The second-order valence-corrected chi connectivity index (χ2v) is 4.15. The Morgan fingerprint density at radius 1 is 1.56 bits per heavy atom. The molecule has 0 spiro atoms. The molecule has 16 heavy (non-hydrogen) atoms. The Bertz CT molecular complexity index is 373. The molecular formula is C10H13BrN2O3. The van der Waals surface area contributed by atoms with Gasteiger partial charge < -0.3 is 15.5 Å². The van der Waals surface area contributed by atoms with Crippen LogP contribution >= 0.6 is 15.9 Å². The summed E-state index contributed by atoms with van der Waals surface area (Å²) >= 11 is 3.17. The minimum absolute atomic E-state index is 0.00923. The molecule has 0 aliphatic rings. The molecule has 1 rings (SSSR count). The first-order chi connectivity index (χ1) is 7.50. The maximum absolute atomic E-state index is 10.6. The molecule has 1 amide bonds. The highest BCUT2D eigenvalue weighted by molar-refractivity contribution is 9.10. The van der Waals surface area contributed by atoms with Crippen molar-refractivity contribution in [2.45, 2.75) is 19.1 Å². The number of nitrogens with one attached hydrogen (secondary N) is 1. The average molecular weight is 289 g/mol. The predicted molar refractivity (Wildman–Crippen MR) is 61.6 cm³/mol. The van der Waals surface area contributed by atoms with Crippen LogP contribution in [0.2, 0.25) is 0 Å². The summed E-state index contributed by atoms with van der Waals surface area (Å²) in [5, 5.41) is 21.8. The van der Waals surface area contributed by atoms with Gasteiger partial charge in [0.1, 0.15) is 16.8 Å². The second kappa shape index (κ2) is 5.93. The van der Waals surface area contributed by atoms with E-state index in [1.165, 1.54) is 6.92 Å². The van der Waals surface area contributed by atoms with Crippen LogP contribution in [-0.2, 0) is 4.79 Å². The molecule has 0 saturated carbocycles. The van der Waals surface area contributed by atoms with Gasteiger partial charge in [-0.2, -0.15) is 0 Å². The highest BCUT2D eigenvalue weighted by Crippen LogP contribution is 2.16. The van der Waals surface area contributed by atoms with Gasteiger partial charge in [0.15, 0.2) is 0 Å². The summed E-state index contributed by atoms with van der Waals surface area (Å²) in [4.78, 5) is 14.6. The Labute approximate surface area is 102 Å². The molecule has 0 aromatic carbocycles. The topological polar surface area (TPSA) is 82.5 Å². The van der Waals surface area contributed by atoms with E-state index < -0.39 is 12.2 Å². The molecule has 1 aromatic heterocycles. The number of halogens is 1. The number of rotatable bonds is 4. The monoisotopic (exact) mass is 288 g/mol. The van der Waals surface area contributed by atoms with Crippen LogP contribution in [0.4, 0.5) is 0 Å². The van der Waals surface area contributed by atoms with Gasteiger partial charge in [-0.05, 0) is 28.1 Å². The molecule has 2 unspecified atom stereocenters. The van der Waals surface area contributed by atoms with Crippen LogP contribution in [0.25, 0.3) is 0 Å². The van der Waals surface area contributed by atoms with Gasteiger partial charge in [0, 0.05) is 13.5 Å². The number of aromatic nitrogens is 1. The lowest BCUT2D eigenvalue weighted by Gasteiger charge is -2.17. The summed E-state index contributed by atoms with van der Waals surface area (Å²) in [5.41, 5.74) is 0.354. The molecule has 0 bridgehead atoms. The number of nitrogens with zero attached hydrogens (tertiary/aromatic N) is 1. The Morgan fingerprint density at radius 2 is 2.25 bits per heavy atom. The first kappa shape index (κ1) is 13.1. The highest BCUT2D eigenvalue weighted by atomic mass is 79.9. The van der Waals surface area contributed by atoms with Gasteiger partial charge in [0.25, 0.3) is 0 Å². The summed E-state index contributed by atoms with van der Waals surface area (Å²) in [6.07, 6.45) is -2.20. The van der Waals surface area contributed by atoms with Crippen molar-refractivity contribution in [3.63, 3.8) is 0 Å². The third kappa shape index (κ3) is 3.88. The zero-order valence-corrected chi connectivity index (χ0v) is 10.3. The van der Waals surface area contributed by atoms with Crippen molar-refractivity contribution >= 4 is 21.8 Å². The minimum atomic E-state index is -1.12. The molecule has 0 saturated heterocycles. The van der Waals surface area contributed by atoms with Crippen molar-refractivity contribution in [3.05, 3.63) is 28.5 Å². The molecule has 3 N–H and O–H groups in total. The second-order valence-electron chi connectivity index (χ2n) is 3.33. The van der Waals surface area contributed by atoms with Crippen LogP contribution in [0.5, 0.6) is 0 Å². The number of amides is 1. The van der Waals surface area contributed by atoms with E-state index in [1.807, 2.05) is 0 Å². The van der Waals surface area contributed by atoms with E-state index in [0.29, 0.717) is 10.3 Å². The minimum Gasteiger partial charge on any atom is -0.388 e.